The number of carbonyl (C=O) groups excluding carboxylic acids is 3. The summed E-state index contributed by atoms with van der Waals surface area (Å²) in [5.74, 6) is -2.33. The Hall–Kier alpha value is -2.90. The Morgan fingerprint density at radius 2 is 2.04 bits per heavy atom. The second kappa shape index (κ2) is 7.78. The van der Waals surface area contributed by atoms with Crippen LogP contribution in [0.5, 0.6) is 0 Å². The van der Waals surface area contributed by atoms with Crippen LogP contribution in [0.15, 0.2) is 22.6 Å². The molecule has 0 aliphatic rings. The number of carbonyl (C=O) groups is 3. The van der Waals surface area contributed by atoms with E-state index in [0.29, 0.717) is 23.1 Å². The molecule has 2 rings (SSSR count). The lowest BCUT2D eigenvalue weighted by atomic mass is 10.1. The molecule has 0 fully saturated rings. The van der Waals surface area contributed by atoms with E-state index in [2.05, 4.69) is 10.6 Å². The SMILES string of the molecule is CCNC(=O)[C@@H](C)NC(=O)COC(=O)c1oc2ccc(F)cc2c1C. The van der Waals surface area contributed by atoms with Gasteiger partial charge in [-0.3, -0.25) is 9.59 Å². The number of ether oxygens (including phenoxy) is 1. The van der Waals surface area contributed by atoms with Crippen molar-refractivity contribution in [3.8, 4) is 0 Å². The van der Waals surface area contributed by atoms with Crippen LogP contribution in [-0.4, -0.2) is 37.0 Å². The van der Waals surface area contributed by atoms with Gasteiger partial charge in [0.05, 0.1) is 0 Å². The van der Waals surface area contributed by atoms with Crippen LogP contribution in [0.25, 0.3) is 11.0 Å². The Labute approximate surface area is 143 Å². The number of aryl methyl sites for hydroxylation is 1. The summed E-state index contributed by atoms with van der Waals surface area (Å²) < 4.78 is 23.5. The van der Waals surface area contributed by atoms with Gasteiger partial charge in [0.15, 0.2) is 6.61 Å². The molecule has 1 aromatic carbocycles. The zero-order valence-corrected chi connectivity index (χ0v) is 14.1. The normalized spacial score (nSPS) is 11.8. The van der Waals surface area contributed by atoms with E-state index in [9.17, 15) is 18.8 Å². The number of likely N-dealkylation sites (N-methyl/N-ethyl adjacent to an activating group) is 1. The number of halogens is 1. The molecule has 7 nitrogen and oxygen atoms in total. The van der Waals surface area contributed by atoms with Crippen molar-refractivity contribution in [3.63, 3.8) is 0 Å². The number of nitrogens with one attached hydrogen (secondary N) is 2. The van der Waals surface area contributed by atoms with Crippen molar-refractivity contribution in [1.82, 2.24) is 10.6 Å². The number of hydrogen-bond donors (Lipinski definition) is 2. The lowest BCUT2D eigenvalue weighted by Gasteiger charge is -2.13. The van der Waals surface area contributed by atoms with Crippen LogP contribution >= 0.6 is 0 Å². The summed E-state index contributed by atoms with van der Waals surface area (Å²) in [5.41, 5.74) is 0.774. The highest BCUT2D eigenvalue weighted by Crippen LogP contribution is 2.26. The van der Waals surface area contributed by atoms with Crippen molar-refractivity contribution < 1.29 is 27.9 Å². The van der Waals surface area contributed by atoms with Crippen LogP contribution in [0, 0.1) is 12.7 Å². The predicted octanol–water partition coefficient (Wildman–Crippen LogP) is 1.68. The van der Waals surface area contributed by atoms with Crippen molar-refractivity contribution in [2.75, 3.05) is 13.2 Å². The van der Waals surface area contributed by atoms with E-state index >= 15 is 0 Å². The standard InChI is InChI=1S/C17H19FN2O5/c1-4-19-16(22)10(3)20-14(21)8-24-17(23)15-9(2)12-7-11(18)5-6-13(12)25-15/h5-7,10H,4,8H2,1-3H3,(H,19,22)(H,20,21)/t10-/m1/s1. The molecule has 134 valence electrons. The van der Waals surface area contributed by atoms with Crippen molar-refractivity contribution >= 4 is 28.8 Å². The molecule has 2 aromatic rings. The monoisotopic (exact) mass is 350 g/mol. The summed E-state index contributed by atoms with van der Waals surface area (Å²) >= 11 is 0. The summed E-state index contributed by atoms with van der Waals surface area (Å²) in [6.45, 7) is 4.75. The molecule has 0 saturated carbocycles. The number of fused-ring (bicyclic) bond motifs is 1. The first kappa shape index (κ1) is 18.4. The zero-order chi connectivity index (χ0) is 18.6. The van der Waals surface area contributed by atoms with Gasteiger partial charge in [-0.25, -0.2) is 9.18 Å². The second-order valence-corrected chi connectivity index (χ2v) is 5.46. The van der Waals surface area contributed by atoms with E-state index in [1.807, 2.05) is 0 Å². The Morgan fingerprint density at radius 3 is 2.72 bits per heavy atom. The third-order valence-corrected chi connectivity index (χ3v) is 3.54. The molecule has 0 spiro atoms. The highest BCUT2D eigenvalue weighted by Gasteiger charge is 2.21. The molecule has 0 radical (unpaired) electrons. The fourth-order valence-corrected chi connectivity index (χ4v) is 2.26. The Balaban J connectivity index is 1.97. The molecular formula is C17H19FN2O5. The molecule has 0 aliphatic carbocycles. The highest BCUT2D eigenvalue weighted by atomic mass is 19.1. The zero-order valence-electron chi connectivity index (χ0n) is 14.1. The Bertz CT molecular complexity index is 815. The van der Waals surface area contributed by atoms with E-state index in [1.54, 1.807) is 13.8 Å². The minimum absolute atomic E-state index is 0.0924. The van der Waals surface area contributed by atoms with Crippen molar-refractivity contribution in [2.45, 2.75) is 26.8 Å². The molecule has 0 saturated heterocycles. The number of amides is 2. The number of rotatable bonds is 6. The largest absolute Gasteiger partial charge is 0.450 e. The fraction of sp³-hybridized carbons (Fsp3) is 0.353. The summed E-state index contributed by atoms with van der Waals surface area (Å²) in [5, 5.41) is 5.43. The van der Waals surface area contributed by atoms with Gasteiger partial charge in [-0.15, -0.1) is 0 Å². The third kappa shape index (κ3) is 4.34. The molecule has 0 aliphatic heterocycles. The van der Waals surface area contributed by atoms with Crippen LogP contribution in [0.3, 0.4) is 0 Å². The third-order valence-electron chi connectivity index (χ3n) is 3.54. The smallest absolute Gasteiger partial charge is 0.375 e. The van der Waals surface area contributed by atoms with E-state index in [-0.39, 0.29) is 11.7 Å². The molecule has 2 amide bonds. The summed E-state index contributed by atoms with van der Waals surface area (Å²) in [7, 11) is 0. The van der Waals surface area contributed by atoms with Crippen molar-refractivity contribution in [3.05, 3.63) is 35.3 Å². The van der Waals surface area contributed by atoms with E-state index in [1.165, 1.54) is 25.1 Å². The molecule has 1 aromatic heterocycles. The molecule has 1 atom stereocenters. The highest BCUT2D eigenvalue weighted by molar-refractivity contribution is 5.97. The minimum atomic E-state index is -0.838. The number of esters is 1. The first-order valence-corrected chi connectivity index (χ1v) is 7.76. The number of benzene rings is 1. The lowest BCUT2D eigenvalue weighted by molar-refractivity contribution is -0.130. The van der Waals surface area contributed by atoms with Crippen LogP contribution in [0.2, 0.25) is 0 Å². The van der Waals surface area contributed by atoms with E-state index in [0.717, 1.165) is 0 Å². The molecule has 25 heavy (non-hydrogen) atoms. The van der Waals surface area contributed by atoms with Gasteiger partial charge in [0.1, 0.15) is 17.4 Å². The van der Waals surface area contributed by atoms with Gasteiger partial charge in [-0.2, -0.15) is 0 Å². The maximum absolute atomic E-state index is 13.3. The number of furan rings is 1. The van der Waals surface area contributed by atoms with Gasteiger partial charge < -0.3 is 19.8 Å². The van der Waals surface area contributed by atoms with Gasteiger partial charge in [0.25, 0.3) is 5.91 Å². The molecule has 2 N–H and O–H groups in total. The predicted molar refractivity (Wildman–Crippen MR) is 87.5 cm³/mol. The summed E-state index contributed by atoms with van der Waals surface area (Å²) in [6.07, 6.45) is 0. The van der Waals surface area contributed by atoms with Crippen molar-refractivity contribution in [1.29, 1.82) is 0 Å². The molecule has 1 heterocycles. The Morgan fingerprint density at radius 1 is 1.32 bits per heavy atom. The molecule has 0 unspecified atom stereocenters. The van der Waals surface area contributed by atoms with Gasteiger partial charge in [-0.05, 0) is 39.0 Å². The quantitative estimate of drug-likeness (QED) is 0.773. The van der Waals surface area contributed by atoms with Crippen LogP contribution in [0.1, 0.15) is 30.0 Å². The summed E-state index contributed by atoms with van der Waals surface area (Å²) in [4.78, 5) is 35.4. The van der Waals surface area contributed by atoms with Gasteiger partial charge >= 0.3 is 5.97 Å². The summed E-state index contributed by atoms with van der Waals surface area (Å²) in [6, 6.07) is 3.14. The van der Waals surface area contributed by atoms with Crippen LogP contribution < -0.4 is 10.6 Å². The molecular weight excluding hydrogens is 331 g/mol. The average molecular weight is 350 g/mol. The first-order chi connectivity index (χ1) is 11.8. The average Bonchev–Trinajstić information content (AvgIpc) is 2.89. The first-order valence-electron chi connectivity index (χ1n) is 7.76. The van der Waals surface area contributed by atoms with Gasteiger partial charge in [0, 0.05) is 17.5 Å². The maximum Gasteiger partial charge on any atom is 0.375 e. The van der Waals surface area contributed by atoms with E-state index in [4.69, 9.17) is 9.15 Å². The topological polar surface area (TPSA) is 97.6 Å². The minimum Gasteiger partial charge on any atom is -0.450 e. The Kier molecular flexibility index (Phi) is 5.74. The maximum atomic E-state index is 13.3. The fourth-order valence-electron chi connectivity index (χ4n) is 2.26. The van der Waals surface area contributed by atoms with Gasteiger partial charge in [-0.1, -0.05) is 0 Å². The van der Waals surface area contributed by atoms with Crippen LogP contribution in [0.4, 0.5) is 4.39 Å². The van der Waals surface area contributed by atoms with Crippen LogP contribution in [-0.2, 0) is 14.3 Å². The van der Waals surface area contributed by atoms with Crippen molar-refractivity contribution in [2.24, 2.45) is 0 Å². The van der Waals surface area contributed by atoms with E-state index < -0.39 is 30.3 Å². The lowest BCUT2D eigenvalue weighted by Crippen LogP contribution is -2.46. The second-order valence-electron chi connectivity index (χ2n) is 5.46. The molecule has 0 bridgehead atoms. The number of hydrogen-bond acceptors (Lipinski definition) is 5. The molecule has 8 heteroatoms. The van der Waals surface area contributed by atoms with Gasteiger partial charge in [0.2, 0.25) is 11.7 Å².